The van der Waals surface area contributed by atoms with Gasteiger partial charge in [-0.25, -0.2) is 0 Å². The Morgan fingerprint density at radius 3 is 2.55 bits per heavy atom. The van der Waals surface area contributed by atoms with Crippen molar-refractivity contribution in [2.24, 2.45) is 17.6 Å². The van der Waals surface area contributed by atoms with Crippen molar-refractivity contribution >= 4 is 0 Å². The fourth-order valence-electron chi connectivity index (χ4n) is 3.53. The minimum Gasteiger partial charge on any atom is -0.497 e. The predicted molar refractivity (Wildman–Crippen MR) is 85.0 cm³/mol. The number of hydrogen-bond donors (Lipinski definition) is 1. The van der Waals surface area contributed by atoms with Gasteiger partial charge >= 0.3 is 0 Å². The minimum absolute atomic E-state index is 0.418. The van der Waals surface area contributed by atoms with Gasteiger partial charge in [0.15, 0.2) is 0 Å². The molecule has 0 radical (unpaired) electrons. The molecule has 0 aromatic heterocycles. The van der Waals surface area contributed by atoms with Gasteiger partial charge in [-0.05, 0) is 61.6 Å². The number of benzene rings is 1. The zero-order chi connectivity index (χ0) is 14.4. The second-order valence-corrected chi connectivity index (χ2v) is 6.28. The third kappa shape index (κ3) is 4.24. The highest BCUT2D eigenvalue weighted by atomic mass is 16.5. The number of ether oxygens (including phenoxy) is 1. The van der Waals surface area contributed by atoms with Crippen LogP contribution in [0.25, 0.3) is 0 Å². The first-order chi connectivity index (χ1) is 9.72. The molecule has 0 aliphatic heterocycles. The van der Waals surface area contributed by atoms with Crippen molar-refractivity contribution in [2.75, 3.05) is 7.11 Å². The molecule has 1 aliphatic carbocycles. The van der Waals surface area contributed by atoms with Gasteiger partial charge in [-0.3, -0.25) is 0 Å². The lowest BCUT2D eigenvalue weighted by atomic mass is 9.74. The van der Waals surface area contributed by atoms with Gasteiger partial charge in [0.2, 0.25) is 0 Å². The molecular weight excluding hydrogens is 246 g/mol. The van der Waals surface area contributed by atoms with E-state index in [0.717, 1.165) is 18.1 Å². The van der Waals surface area contributed by atoms with E-state index in [1.807, 2.05) is 0 Å². The fraction of sp³-hybridized carbons (Fsp3) is 0.667. The zero-order valence-corrected chi connectivity index (χ0v) is 13.0. The van der Waals surface area contributed by atoms with Gasteiger partial charge < -0.3 is 10.5 Å². The van der Waals surface area contributed by atoms with Gasteiger partial charge in [0.05, 0.1) is 7.11 Å². The molecule has 2 nitrogen and oxygen atoms in total. The molecule has 0 heterocycles. The SMILES string of the molecule is CCCC1CCC(N)C(CCc2ccc(OC)cc2)C1. The van der Waals surface area contributed by atoms with Crippen LogP contribution < -0.4 is 10.5 Å². The molecule has 0 saturated heterocycles. The minimum atomic E-state index is 0.418. The second kappa shape index (κ2) is 7.68. The Morgan fingerprint density at radius 1 is 1.15 bits per heavy atom. The molecular formula is C18H29NO. The van der Waals surface area contributed by atoms with E-state index in [4.69, 9.17) is 10.5 Å². The van der Waals surface area contributed by atoms with E-state index >= 15 is 0 Å². The molecule has 1 aromatic carbocycles. The molecule has 1 aliphatic rings. The van der Waals surface area contributed by atoms with E-state index in [1.165, 1.54) is 44.1 Å². The van der Waals surface area contributed by atoms with Crippen molar-refractivity contribution in [3.8, 4) is 5.75 Å². The van der Waals surface area contributed by atoms with Crippen LogP contribution in [0.2, 0.25) is 0 Å². The van der Waals surface area contributed by atoms with Crippen LogP contribution in [-0.4, -0.2) is 13.2 Å². The van der Waals surface area contributed by atoms with E-state index in [1.54, 1.807) is 7.11 Å². The molecule has 1 saturated carbocycles. The largest absolute Gasteiger partial charge is 0.497 e. The summed E-state index contributed by atoms with van der Waals surface area (Å²) in [5.41, 5.74) is 7.73. The highest BCUT2D eigenvalue weighted by Gasteiger charge is 2.27. The molecule has 2 heteroatoms. The Bertz CT molecular complexity index is 387. The zero-order valence-electron chi connectivity index (χ0n) is 13.0. The summed E-state index contributed by atoms with van der Waals surface area (Å²) in [7, 11) is 1.71. The summed E-state index contributed by atoms with van der Waals surface area (Å²) in [6.07, 6.45) is 8.96. The lowest BCUT2D eigenvalue weighted by Gasteiger charge is -2.34. The molecule has 2 rings (SSSR count). The Hall–Kier alpha value is -1.02. The van der Waals surface area contributed by atoms with Gasteiger partial charge in [-0.1, -0.05) is 31.9 Å². The summed E-state index contributed by atoms with van der Waals surface area (Å²) in [6, 6.07) is 8.88. The van der Waals surface area contributed by atoms with E-state index in [0.29, 0.717) is 12.0 Å². The van der Waals surface area contributed by atoms with Crippen LogP contribution in [0, 0.1) is 11.8 Å². The Balaban J connectivity index is 1.84. The first-order valence-corrected chi connectivity index (χ1v) is 8.11. The van der Waals surface area contributed by atoms with Crippen molar-refractivity contribution in [2.45, 2.75) is 57.9 Å². The van der Waals surface area contributed by atoms with Crippen molar-refractivity contribution in [1.82, 2.24) is 0 Å². The van der Waals surface area contributed by atoms with Crippen LogP contribution in [0.4, 0.5) is 0 Å². The normalized spacial score (nSPS) is 26.4. The molecule has 3 atom stereocenters. The standard InChI is InChI=1S/C18H29NO/c1-3-4-15-8-12-18(19)16(13-15)9-5-14-6-10-17(20-2)11-7-14/h6-7,10-11,15-16,18H,3-5,8-9,12-13,19H2,1-2H3. The van der Waals surface area contributed by atoms with Crippen LogP contribution in [0.3, 0.4) is 0 Å². The van der Waals surface area contributed by atoms with Crippen molar-refractivity contribution in [3.05, 3.63) is 29.8 Å². The van der Waals surface area contributed by atoms with Crippen molar-refractivity contribution in [1.29, 1.82) is 0 Å². The molecule has 0 bridgehead atoms. The predicted octanol–water partition coefficient (Wildman–Crippen LogP) is 4.17. The monoisotopic (exact) mass is 275 g/mol. The maximum Gasteiger partial charge on any atom is 0.118 e. The highest BCUT2D eigenvalue weighted by molar-refractivity contribution is 5.27. The molecule has 20 heavy (non-hydrogen) atoms. The van der Waals surface area contributed by atoms with Gasteiger partial charge in [-0.2, -0.15) is 0 Å². The molecule has 0 amide bonds. The third-order valence-corrected chi connectivity index (χ3v) is 4.81. The Labute approximate surface area is 123 Å². The van der Waals surface area contributed by atoms with Crippen LogP contribution in [-0.2, 0) is 6.42 Å². The van der Waals surface area contributed by atoms with E-state index in [9.17, 15) is 0 Å². The molecule has 3 unspecified atom stereocenters. The lowest BCUT2D eigenvalue weighted by molar-refractivity contribution is 0.212. The molecule has 112 valence electrons. The Kier molecular flexibility index (Phi) is 5.90. The number of aryl methyl sites for hydroxylation is 1. The summed E-state index contributed by atoms with van der Waals surface area (Å²) in [4.78, 5) is 0. The second-order valence-electron chi connectivity index (χ2n) is 6.28. The highest BCUT2D eigenvalue weighted by Crippen LogP contribution is 2.33. The summed E-state index contributed by atoms with van der Waals surface area (Å²) >= 11 is 0. The molecule has 0 spiro atoms. The quantitative estimate of drug-likeness (QED) is 0.845. The number of hydrogen-bond acceptors (Lipinski definition) is 2. The summed E-state index contributed by atoms with van der Waals surface area (Å²) in [6.45, 7) is 2.29. The summed E-state index contributed by atoms with van der Waals surface area (Å²) in [5, 5.41) is 0. The summed E-state index contributed by atoms with van der Waals surface area (Å²) in [5.74, 6) is 2.56. The summed E-state index contributed by atoms with van der Waals surface area (Å²) < 4.78 is 5.20. The van der Waals surface area contributed by atoms with Crippen molar-refractivity contribution in [3.63, 3.8) is 0 Å². The molecule has 2 N–H and O–H groups in total. The smallest absolute Gasteiger partial charge is 0.118 e. The van der Waals surface area contributed by atoms with Gasteiger partial charge in [-0.15, -0.1) is 0 Å². The van der Waals surface area contributed by atoms with Crippen LogP contribution in [0.1, 0.15) is 51.0 Å². The van der Waals surface area contributed by atoms with E-state index < -0.39 is 0 Å². The van der Waals surface area contributed by atoms with E-state index in [2.05, 4.69) is 31.2 Å². The number of rotatable bonds is 6. The van der Waals surface area contributed by atoms with Crippen LogP contribution in [0.5, 0.6) is 5.75 Å². The first-order valence-electron chi connectivity index (χ1n) is 8.11. The molecule has 1 fully saturated rings. The van der Waals surface area contributed by atoms with Gasteiger partial charge in [0, 0.05) is 6.04 Å². The maximum absolute atomic E-state index is 6.33. The third-order valence-electron chi connectivity index (χ3n) is 4.81. The van der Waals surface area contributed by atoms with Gasteiger partial charge in [0.25, 0.3) is 0 Å². The molecule has 1 aromatic rings. The first kappa shape index (κ1) is 15.4. The van der Waals surface area contributed by atoms with E-state index in [-0.39, 0.29) is 0 Å². The van der Waals surface area contributed by atoms with Crippen molar-refractivity contribution < 1.29 is 4.74 Å². The number of methoxy groups -OCH3 is 1. The number of nitrogens with two attached hydrogens (primary N) is 1. The maximum atomic E-state index is 6.33. The Morgan fingerprint density at radius 2 is 1.90 bits per heavy atom. The van der Waals surface area contributed by atoms with Crippen LogP contribution >= 0.6 is 0 Å². The topological polar surface area (TPSA) is 35.2 Å². The average molecular weight is 275 g/mol. The van der Waals surface area contributed by atoms with Crippen LogP contribution in [0.15, 0.2) is 24.3 Å². The lowest BCUT2D eigenvalue weighted by Crippen LogP contribution is -2.36. The van der Waals surface area contributed by atoms with Gasteiger partial charge in [0.1, 0.15) is 5.75 Å². The average Bonchev–Trinajstić information content (AvgIpc) is 2.48. The fourth-order valence-corrected chi connectivity index (χ4v) is 3.53.